The SMILES string of the molecule is CCOc1ccc2[nH]c(=O)c(CN(C(=S)NCCc3ccccc3)C3CCCC3)cc2c1. The first-order valence-corrected chi connectivity index (χ1v) is 11.9. The molecule has 1 aliphatic carbocycles. The molecule has 6 heteroatoms. The van der Waals surface area contributed by atoms with Gasteiger partial charge in [-0.25, -0.2) is 0 Å². The van der Waals surface area contributed by atoms with Gasteiger partial charge >= 0.3 is 0 Å². The third-order valence-electron chi connectivity index (χ3n) is 6.10. The van der Waals surface area contributed by atoms with Gasteiger partial charge in [0.25, 0.3) is 5.56 Å². The Morgan fingerprint density at radius 3 is 2.69 bits per heavy atom. The van der Waals surface area contributed by atoms with Crippen LogP contribution >= 0.6 is 12.2 Å². The van der Waals surface area contributed by atoms with E-state index in [2.05, 4.69) is 39.5 Å². The van der Waals surface area contributed by atoms with Crippen LogP contribution in [0.2, 0.25) is 0 Å². The molecule has 0 unspecified atom stereocenters. The molecule has 168 valence electrons. The van der Waals surface area contributed by atoms with Crippen molar-refractivity contribution >= 4 is 28.2 Å². The maximum Gasteiger partial charge on any atom is 0.253 e. The Labute approximate surface area is 194 Å². The van der Waals surface area contributed by atoms with Gasteiger partial charge in [-0.05, 0) is 68.2 Å². The maximum atomic E-state index is 12.8. The Balaban J connectivity index is 1.51. The Hall–Kier alpha value is -2.86. The summed E-state index contributed by atoms with van der Waals surface area (Å²) in [6, 6.07) is 18.5. The zero-order valence-corrected chi connectivity index (χ0v) is 19.4. The Kier molecular flexibility index (Phi) is 7.43. The molecule has 1 aliphatic rings. The van der Waals surface area contributed by atoms with Crippen molar-refractivity contribution in [3.63, 3.8) is 0 Å². The summed E-state index contributed by atoms with van der Waals surface area (Å²) in [6.07, 6.45) is 5.55. The maximum absolute atomic E-state index is 12.8. The average molecular weight is 450 g/mol. The number of hydrogen-bond acceptors (Lipinski definition) is 3. The largest absolute Gasteiger partial charge is 0.494 e. The van der Waals surface area contributed by atoms with Crippen molar-refractivity contribution in [2.75, 3.05) is 13.2 Å². The molecule has 5 nitrogen and oxygen atoms in total. The van der Waals surface area contributed by atoms with E-state index in [1.54, 1.807) is 0 Å². The Bertz CT molecular complexity index is 1110. The van der Waals surface area contributed by atoms with Crippen LogP contribution in [0.4, 0.5) is 0 Å². The molecule has 0 radical (unpaired) electrons. The number of thiocarbonyl (C=S) groups is 1. The van der Waals surface area contributed by atoms with Crippen molar-refractivity contribution in [2.24, 2.45) is 0 Å². The summed E-state index contributed by atoms with van der Waals surface area (Å²) in [5.74, 6) is 0.809. The van der Waals surface area contributed by atoms with Gasteiger partial charge in [0, 0.05) is 29.1 Å². The third kappa shape index (κ3) is 5.49. The van der Waals surface area contributed by atoms with E-state index in [-0.39, 0.29) is 5.56 Å². The number of aromatic amines is 1. The lowest BCUT2D eigenvalue weighted by Gasteiger charge is -2.31. The number of ether oxygens (including phenoxy) is 1. The van der Waals surface area contributed by atoms with Crippen molar-refractivity contribution in [2.45, 2.75) is 51.6 Å². The summed E-state index contributed by atoms with van der Waals surface area (Å²) in [6.45, 7) is 3.86. The van der Waals surface area contributed by atoms with Crippen molar-refractivity contribution in [1.82, 2.24) is 15.2 Å². The summed E-state index contributed by atoms with van der Waals surface area (Å²) in [7, 11) is 0. The van der Waals surface area contributed by atoms with Gasteiger partial charge in [0.15, 0.2) is 5.11 Å². The predicted molar refractivity (Wildman–Crippen MR) is 134 cm³/mol. The van der Waals surface area contributed by atoms with Crippen LogP contribution in [-0.4, -0.2) is 34.2 Å². The van der Waals surface area contributed by atoms with Gasteiger partial charge < -0.3 is 19.9 Å². The Morgan fingerprint density at radius 1 is 1.16 bits per heavy atom. The lowest BCUT2D eigenvalue weighted by molar-refractivity contribution is 0.302. The summed E-state index contributed by atoms with van der Waals surface area (Å²) in [4.78, 5) is 18.1. The van der Waals surface area contributed by atoms with Crippen molar-refractivity contribution in [3.05, 3.63) is 76.1 Å². The van der Waals surface area contributed by atoms with E-state index in [4.69, 9.17) is 17.0 Å². The molecule has 0 saturated heterocycles. The van der Waals surface area contributed by atoms with E-state index in [1.165, 1.54) is 18.4 Å². The van der Waals surface area contributed by atoms with Gasteiger partial charge in [0.2, 0.25) is 0 Å². The number of pyridine rings is 1. The van der Waals surface area contributed by atoms with Crippen molar-refractivity contribution in [1.29, 1.82) is 0 Å². The summed E-state index contributed by atoms with van der Waals surface area (Å²) < 4.78 is 5.63. The molecule has 1 aromatic heterocycles. The van der Waals surface area contributed by atoms with Crippen LogP contribution in [0.1, 0.15) is 43.7 Å². The smallest absolute Gasteiger partial charge is 0.253 e. The van der Waals surface area contributed by atoms with Crippen LogP contribution in [0.15, 0.2) is 59.4 Å². The summed E-state index contributed by atoms with van der Waals surface area (Å²) >= 11 is 5.80. The highest BCUT2D eigenvalue weighted by Gasteiger charge is 2.25. The average Bonchev–Trinajstić information content (AvgIpc) is 3.33. The second-order valence-electron chi connectivity index (χ2n) is 8.34. The monoisotopic (exact) mass is 449 g/mol. The van der Waals surface area contributed by atoms with Crippen molar-refractivity contribution in [3.8, 4) is 5.75 Å². The first-order chi connectivity index (χ1) is 15.6. The van der Waals surface area contributed by atoms with Crippen LogP contribution in [-0.2, 0) is 13.0 Å². The first kappa shape index (κ1) is 22.3. The minimum absolute atomic E-state index is 0.0586. The predicted octanol–water partition coefficient (Wildman–Crippen LogP) is 4.79. The van der Waals surface area contributed by atoms with E-state index >= 15 is 0 Å². The third-order valence-corrected chi connectivity index (χ3v) is 6.48. The van der Waals surface area contributed by atoms with Crippen LogP contribution in [0.5, 0.6) is 5.75 Å². The van der Waals surface area contributed by atoms with E-state index in [9.17, 15) is 4.79 Å². The lowest BCUT2D eigenvalue weighted by atomic mass is 10.1. The van der Waals surface area contributed by atoms with E-state index in [1.807, 2.05) is 37.3 Å². The second-order valence-corrected chi connectivity index (χ2v) is 8.73. The highest BCUT2D eigenvalue weighted by Crippen LogP contribution is 2.26. The lowest BCUT2D eigenvalue weighted by Crippen LogP contribution is -2.45. The molecule has 1 heterocycles. The number of aromatic nitrogens is 1. The fourth-order valence-electron chi connectivity index (χ4n) is 4.43. The molecule has 0 bridgehead atoms. The molecular formula is C26H31N3O2S. The summed E-state index contributed by atoms with van der Waals surface area (Å²) in [5, 5.41) is 5.14. The minimum atomic E-state index is -0.0586. The summed E-state index contributed by atoms with van der Waals surface area (Å²) in [5.41, 5.74) is 2.77. The molecule has 1 fully saturated rings. The molecule has 0 spiro atoms. The number of benzene rings is 2. The van der Waals surface area contributed by atoms with Gasteiger partial charge in [0.1, 0.15) is 5.75 Å². The molecule has 4 rings (SSSR count). The van der Waals surface area contributed by atoms with Crippen LogP contribution in [0.3, 0.4) is 0 Å². The van der Waals surface area contributed by atoms with Gasteiger partial charge in [-0.15, -0.1) is 0 Å². The zero-order valence-electron chi connectivity index (χ0n) is 18.6. The molecule has 0 atom stereocenters. The van der Waals surface area contributed by atoms with Gasteiger partial charge in [0.05, 0.1) is 13.2 Å². The molecular weight excluding hydrogens is 418 g/mol. The fourth-order valence-corrected chi connectivity index (χ4v) is 4.75. The minimum Gasteiger partial charge on any atom is -0.494 e. The molecule has 0 amide bonds. The molecule has 32 heavy (non-hydrogen) atoms. The standard InChI is InChI=1S/C26H31N3O2S/c1-2-31-23-12-13-24-20(17-23)16-21(25(30)28-24)18-29(22-10-6-7-11-22)26(32)27-15-14-19-8-4-3-5-9-19/h3-5,8-9,12-13,16-17,22H,2,6-7,10-11,14-15,18H2,1H3,(H,27,32)(H,28,30). The highest BCUT2D eigenvalue weighted by molar-refractivity contribution is 7.80. The quantitative estimate of drug-likeness (QED) is 0.484. The number of hydrogen-bond donors (Lipinski definition) is 2. The van der Waals surface area contributed by atoms with Crippen molar-refractivity contribution < 1.29 is 4.74 Å². The van der Waals surface area contributed by atoms with Crippen LogP contribution in [0, 0.1) is 0 Å². The topological polar surface area (TPSA) is 57.4 Å². The number of fused-ring (bicyclic) bond motifs is 1. The van der Waals surface area contributed by atoms with E-state index in [0.717, 1.165) is 53.1 Å². The number of H-pyrrole nitrogens is 1. The molecule has 0 aliphatic heterocycles. The van der Waals surface area contributed by atoms with E-state index < -0.39 is 0 Å². The number of rotatable bonds is 8. The molecule has 2 aromatic carbocycles. The second kappa shape index (κ2) is 10.6. The van der Waals surface area contributed by atoms with Gasteiger partial charge in [-0.2, -0.15) is 0 Å². The van der Waals surface area contributed by atoms with Gasteiger partial charge in [-0.3, -0.25) is 4.79 Å². The molecule has 3 aromatic rings. The fraction of sp³-hybridized carbons (Fsp3) is 0.385. The molecule has 1 saturated carbocycles. The van der Waals surface area contributed by atoms with Gasteiger partial charge in [-0.1, -0.05) is 43.2 Å². The van der Waals surface area contributed by atoms with Crippen LogP contribution < -0.4 is 15.6 Å². The Morgan fingerprint density at radius 2 is 1.94 bits per heavy atom. The zero-order chi connectivity index (χ0) is 22.3. The number of nitrogens with one attached hydrogen (secondary N) is 2. The first-order valence-electron chi connectivity index (χ1n) is 11.5. The highest BCUT2D eigenvalue weighted by atomic mass is 32.1. The number of nitrogens with zero attached hydrogens (tertiary/aromatic N) is 1. The normalized spacial score (nSPS) is 13.9. The molecule has 2 N–H and O–H groups in total. The van der Waals surface area contributed by atoms with E-state index in [0.29, 0.717) is 19.2 Å². The van der Waals surface area contributed by atoms with Crippen LogP contribution in [0.25, 0.3) is 10.9 Å².